The number of ether oxygens (including phenoxy) is 1. The molecule has 1 saturated carbocycles. The lowest BCUT2D eigenvalue weighted by Crippen LogP contribution is -2.47. The topological polar surface area (TPSA) is 134 Å². The predicted molar refractivity (Wildman–Crippen MR) is 165 cm³/mol. The van der Waals surface area contributed by atoms with E-state index in [0.29, 0.717) is 16.9 Å². The van der Waals surface area contributed by atoms with Crippen LogP contribution in [0.4, 0.5) is 16.2 Å². The number of amides is 3. The first-order valence-corrected chi connectivity index (χ1v) is 14.8. The molecule has 0 saturated heterocycles. The van der Waals surface area contributed by atoms with E-state index in [1.54, 1.807) is 24.3 Å². The number of hydrogen-bond acceptors (Lipinski definition) is 8. The van der Waals surface area contributed by atoms with Gasteiger partial charge in [-0.2, -0.15) is 5.10 Å². The van der Waals surface area contributed by atoms with Crippen LogP contribution < -0.4 is 10.2 Å². The number of esters is 1. The Hall–Kier alpha value is -4.80. The number of rotatable bonds is 8. The monoisotopic (exact) mass is 599 g/mol. The number of nitrogens with zero attached hydrogens (tertiary/aromatic N) is 4. The van der Waals surface area contributed by atoms with E-state index >= 15 is 0 Å². The van der Waals surface area contributed by atoms with Crippen LogP contribution in [0, 0.1) is 11.3 Å². The molecule has 1 fully saturated rings. The summed E-state index contributed by atoms with van der Waals surface area (Å²) in [6.07, 6.45) is 6.36. The van der Waals surface area contributed by atoms with Gasteiger partial charge in [-0.05, 0) is 37.1 Å². The van der Waals surface area contributed by atoms with Gasteiger partial charge in [0.25, 0.3) is 0 Å². The number of hydrazone groups is 1. The first-order chi connectivity index (χ1) is 21.0. The summed E-state index contributed by atoms with van der Waals surface area (Å²) < 4.78 is 10.1. The third kappa shape index (κ3) is 6.72. The highest BCUT2D eigenvalue weighted by molar-refractivity contribution is 6.13. The molecule has 1 N–H and O–H groups in total. The van der Waals surface area contributed by atoms with E-state index in [-0.39, 0.29) is 36.4 Å². The van der Waals surface area contributed by atoms with Crippen molar-refractivity contribution >= 4 is 40.8 Å². The maximum Gasteiger partial charge on any atom is 0.360 e. The molecule has 3 amide bonds. The van der Waals surface area contributed by atoms with Crippen LogP contribution in [-0.2, 0) is 14.3 Å². The number of anilines is 2. The molecular formula is C33H37N5O6. The van der Waals surface area contributed by atoms with Gasteiger partial charge in [0.15, 0.2) is 11.5 Å². The van der Waals surface area contributed by atoms with Gasteiger partial charge in [-0.3, -0.25) is 14.5 Å². The Bertz CT molecular complexity index is 1600. The maximum atomic E-state index is 14.1. The number of methoxy groups -OCH3 is 1. The summed E-state index contributed by atoms with van der Waals surface area (Å²) in [4.78, 5) is 58.0. The highest BCUT2D eigenvalue weighted by Crippen LogP contribution is 2.34. The van der Waals surface area contributed by atoms with Gasteiger partial charge in [0.1, 0.15) is 12.8 Å². The number of para-hydroxylation sites is 1. The van der Waals surface area contributed by atoms with Crippen molar-refractivity contribution in [3.63, 3.8) is 0 Å². The van der Waals surface area contributed by atoms with Crippen molar-refractivity contribution in [1.29, 1.82) is 0 Å². The van der Waals surface area contributed by atoms with Crippen molar-refractivity contribution < 1.29 is 28.3 Å². The molecule has 11 heteroatoms. The van der Waals surface area contributed by atoms with E-state index in [9.17, 15) is 19.2 Å². The van der Waals surface area contributed by atoms with Crippen LogP contribution >= 0.6 is 0 Å². The molecule has 2 heterocycles. The lowest BCUT2D eigenvalue weighted by Gasteiger charge is -2.28. The zero-order valence-corrected chi connectivity index (χ0v) is 25.5. The zero-order chi connectivity index (χ0) is 31.4. The van der Waals surface area contributed by atoms with Crippen molar-refractivity contribution in [1.82, 2.24) is 9.99 Å². The van der Waals surface area contributed by atoms with E-state index in [1.165, 1.54) is 23.3 Å². The molecule has 3 aromatic rings. The maximum absolute atomic E-state index is 14.1. The number of oxazole rings is 1. The van der Waals surface area contributed by atoms with Gasteiger partial charge >= 0.3 is 12.0 Å². The number of carbonyl (C=O) groups excluding carboxylic acids is 4. The van der Waals surface area contributed by atoms with E-state index < -0.39 is 23.3 Å². The standard InChI is InChI=1S/C33H37N5O6/c1-33(2,3)27(39)18-37-26-16-9-8-15-24(26)29(21-11-6-5-7-12-21)36-38(32(37)42)19-28(40)34-23-14-10-13-22(17-23)30-35-25(20-44-30)31(41)43-4/h8-10,13-17,20-21H,5-7,11-12,18-19H2,1-4H3,(H,34,40). The van der Waals surface area contributed by atoms with E-state index in [0.717, 1.165) is 43.4 Å². The Labute approximate surface area is 256 Å². The number of Topliss-reactive ketones (excluding diaryl/α,β-unsaturated/α-hetero) is 1. The van der Waals surface area contributed by atoms with Crippen molar-refractivity contribution in [2.24, 2.45) is 16.4 Å². The molecule has 5 rings (SSSR count). The van der Waals surface area contributed by atoms with E-state index in [1.807, 2.05) is 45.0 Å². The second kappa shape index (κ2) is 12.8. The normalized spacial score (nSPS) is 15.7. The Morgan fingerprint density at radius 3 is 2.50 bits per heavy atom. The number of nitrogens with one attached hydrogen (secondary N) is 1. The van der Waals surface area contributed by atoms with Gasteiger partial charge in [0.2, 0.25) is 11.8 Å². The predicted octanol–water partition coefficient (Wildman–Crippen LogP) is 5.91. The van der Waals surface area contributed by atoms with Gasteiger partial charge < -0.3 is 14.5 Å². The van der Waals surface area contributed by atoms with Crippen molar-refractivity contribution in [2.45, 2.75) is 52.9 Å². The Kier molecular flexibility index (Phi) is 8.93. The summed E-state index contributed by atoms with van der Waals surface area (Å²) in [7, 11) is 1.25. The molecule has 0 bridgehead atoms. The molecule has 0 radical (unpaired) electrons. The lowest BCUT2D eigenvalue weighted by atomic mass is 9.83. The number of fused-ring (bicyclic) bond motifs is 1. The molecule has 2 aliphatic rings. The summed E-state index contributed by atoms with van der Waals surface area (Å²) in [5, 5.41) is 8.84. The average molecular weight is 600 g/mol. The molecular weight excluding hydrogens is 562 g/mol. The summed E-state index contributed by atoms with van der Waals surface area (Å²) in [6.45, 7) is 4.96. The number of hydrogen-bond donors (Lipinski definition) is 1. The second-order valence-electron chi connectivity index (χ2n) is 12.1. The first kappa shape index (κ1) is 30.7. The average Bonchev–Trinajstić information content (AvgIpc) is 3.48. The van der Waals surface area contributed by atoms with Crippen LogP contribution in [0.3, 0.4) is 0 Å². The number of carbonyl (C=O) groups is 4. The van der Waals surface area contributed by atoms with Crippen LogP contribution in [0.5, 0.6) is 0 Å². The molecule has 0 spiro atoms. The Morgan fingerprint density at radius 2 is 1.77 bits per heavy atom. The summed E-state index contributed by atoms with van der Waals surface area (Å²) in [5.74, 6) is -0.889. The minimum absolute atomic E-state index is 0.0266. The fourth-order valence-corrected chi connectivity index (χ4v) is 5.38. The van der Waals surface area contributed by atoms with Gasteiger partial charge in [-0.1, -0.05) is 64.3 Å². The van der Waals surface area contributed by atoms with Crippen molar-refractivity contribution in [2.75, 3.05) is 30.4 Å². The van der Waals surface area contributed by atoms with Crippen LogP contribution in [0.15, 0.2) is 64.3 Å². The summed E-state index contributed by atoms with van der Waals surface area (Å²) in [5.41, 5.74) is 2.52. The first-order valence-electron chi connectivity index (χ1n) is 14.8. The minimum Gasteiger partial charge on any atom is -0.464 e. The van der Waals surface area contributed by atoms with Gasteiger partial charge in [0, 0.05) is 28.1 Å². The molecule has 0 atom stereocenters. The molecule has 2 aromatic carbocycles. The molecule has 11 nitrogen and oxygen atoms in total. The van der Waals surface area contributed by atoms with Gasteiger partial charge in [-0.25, -0.2) is 19.6 Å². The molecule has 1 aromatic heterocycles. The third-order valence-corrected chi connectivity index (χ3v) is 7.87. The quantitative estimate of drug-likeness (QED) is 0.318. The van der Waals surface area contributed by atoms with E-state index in [4.69, 9.17) is 9.52 Å². The Morgan fingerprint density at radius 1 is 1.02 bits per heavy atom. The lowest BCUT2D eigenvalue weighted by molar-refractivity contribution is -0.124. The van der Waals surface area contributed by atoms with Crippen LogP contribution in [-0.4, -0.2) is 59.6 Å². The fourth-order valence-electron chi connectivity index (χ4n) is 5.38. The Balaban J connectivity index is 1.43. The molecule has 0 unspecified atom stereocenters. The fraction of sp³-hybridized carbons (Fsp3) is 0.394. The summed E-state index contributed by atoms with van der Waals surface area (Å²) >= 11 is 0. The van der Waals surface area contributed by atoms with Crippen molar-refractivity contribution in [3.05, 3.63) is 66.1 Å². The highest BCUT2D eigenvalue weighted by atomic mass is 16.5. The van der Waals surface area contributed by atoms with Crippen LogP contribution in [0.1, 0.15) is 68.9 Å². The zero-order valence-electron chi connectivity index (χ0n) is 25.5. The molecule has 230 valence electrons. The van der Waals surface area contributed by atoms with Crippen LogP contribution in [0.25, 0.3) is 11.5 Å². The number of benzene rings is 2. The van der Waals surface area contributed by atoms with Crippen LogP contribution in [0.2, 0.25) is 0 Å². The molecule has 1 aliphatic carbocycles. The number of ketones is 1. The second-order valence-corrected chi connectivity index (χ2v) is 12.1. The van der Waals surface area contributed by atoms with Gasteiger partial charge in [0.05, 0.1) is 25.1 Å². The summed E-state index contributed by atoms with van der Waals surface area (Å²) in [6, 6.07) is 13.8. The minimum atomic E-state index is -0.664. The van der Waals surface area contributed by atoms with Gasteiger partial charge in [-0.15, -0.1) is 0 Å². The smallest absolute Gasteiger partial charge is 0.360 e. The SMILES string of the molecule is COC(=O)c1coc(-c2cccc(NC(=O)CN3N=C(C4CCCCC4)c4ccccc4N(CC(=O)C(C)(C)C)C3=O)c2)n1. The van der Waals surface area contributed by atoms with E-state index in [2.05, 4.69) is 15.0 Å². The highest BCUT2D eigenvalue weighted by Gasteiger charge is 2.36. The van der Waals surface area contributed by atoms with Crippen molar-refractivity contribution in [3.8, 4) is 11.5 Å². The third-order valence-electron chi connectivity index (χ3n) is 7.87. The molecule has 1 aliphatic heterocycles. The largest absolute Gasteiger partial charge is 0.464 e. The molecule has 44 heavy (non-hydrogen) atoms. The number of aromatic nitrogens is 1. The number of urea groups is 1.